The van der Waals surface area contributed by atoms with E-state index in [-0.39, 0.29) is 29.3 Å². The van der Waals surface area contributed by atoms with Crippen LogP contribution in [0.5, 0.6) is 0 Å². The average Bonchev–Trinajstić information content (AvgIpc) is 3.03. The molecular weight excluding hydrogens is 445 g/mol. The van der Waals surface area contributed by atoms with E-state index >= 15 is 0 Å². The van der Waals surface area contributed by atoms with Crippen LogP contribution in [-0.2, 0) is 28.4 Å². The molecule has 3 aromatic rings. The number of sulfonamides is 1. The van der Waals surface area contributed by atoms with Crippen LogP contribution in [0.4, 0.5) is 4.39 Å². The molecule has 0 saturated heterocycles. The Morgan fingerprint density at radius 3 is 2.61 bits per heavy atom. The number of aromatic nitrogens is 1. The molecule has 0 bridgehead atoms. The van der Waals surface area contributed by atoms with Crippen LogP contribution < -0.4 is 15.8 Å². The average molecular weight is 468 g/mol. The smallest absolute Gasteiger partial charge is 0.408 e. The van der Waals surface area contributed by atoms with Crippen molar-refractivity contribution in [3.8, 4) is 0 Å². The molecule has 11 heteroatoms. The number of fused-ring (bicyclic) bond motifs is 1. The van der Waals surface area contributed by atoms with Gasteiger partial charge in [0.15, 0.2) is 5.58 Å². The number of benzene rings is 2. The van der Waals surface area contributed by atoms with Crippen LogP contribution in [-0.4, -0.2) is 36.9 Å². The summed E-state index contributed by atoms with van der Waals surface area (Å²) in [5.41, 5.74) is 1.28. The lowest BCUT2D eigenvalue weighted by Gasteiger charge is -2.18. The fraction of sp³-hybridized carbons (Fsp3) is 0.300. The zero-order valence-electron chi connectivity index (χ0n) is 16.9. The van der Waals surface area contributed by atoms with Crippen molar-refractivity contribution in [2.45, 2.75) is 23.9 Å². The molecule has 0 radical (unpaired) electrons. The SMILES string of the molecule is CSCC[C@@H](NS(=O)(=O)c1ccc2c(c1)oc(=O)n2C)C(=O)NCc1ccc(F)cc1. The standard InChI is InChI=1S/C20H22FN3O5S2/c1-24-17-8-7-15(11-18(17)29-20(24)26)31(27,28)23-16(9-10-30-2)19(25)22-12-13-3-5-14(21)6-4-13/h3-8,11,16,23H,9-10,12H2,1-2H3,(H,22,25)/t16-/m1/s1. The number of carbonyl (C=O) groups excluding carboxylic acids is 1. The van der Waals surface area contributed by atoms with Gasteiger partial charge in [-0.3, -0.25) is 9.36 Å². The maximum atomic E-state index is 13.0. The highest BCUT2D eigenvalue weighted by atomic mass is 32.2. The molecule has 166 valence electrons. The predicted molar refractivity (Wildman–Crippen MR) is 117 cm³/mol. The Hall–Kier alpha value is -2.63. The molecule has 0 aliphatic heterocycles. The molecule has 3 rings (SSSR count). The van der Waals surface area contributed by atoms with Crippen LogP contribution in [0.3, 0.4) is 0 Å². The van der Waals surface area contributed by atoms with Gasteiger partial charge in [-0.05, 0) is 48.3 Å². The summed E-state index contributed by atoms with van der Waals surface area (Å²) in [6, 6.07) is 8.72. The molecule has 0 fully saturated rings. The molecule has 1 aromatic heterocycles. The maximum Gasteiger partial charge on any atom is 0.419 e. The zero-order valence-corrected chi connectivity index (χ0v) is 18.6. The summed E-state index contributed by atoms with van der Waals surface area (Å²) in [7, 11) is -2.54. The third kappa shape index (κ3) is 5.54. The molecule has 1 amide bonds. The van der Waals surface area contributed by atoms with Crippen LogP contribution >= 0.6 is 11.8 Å². The quantitative estimate of drug-likeness (QED) is 0.498. The number of rotatable bonds is 9. The van der Waals surface area contributed by atoms with Gasteiger partial charge in [-0.25, -0.2) is 17.6 Å². The molecule has 0 aliphatic carbocycles. The number of aryl methyl sites for hydroxylation is 1. The fourth-order valence-corrected chi connectivity index (χ4v) is 4.65. The Balaban J connectivity index is 1.77. The minimum absolute atomic E-state index is 0.116. The van der Waals surface area contributed by atoms with Crippen molar-refractivity contribution in [1.82, 2.24) is 14.6 Å². The van der Waals surface area contributed by atoms with E-state index in [2.05, 4.69) is 10.0 Å². The van der Waals surface area contributed by atoms with E-state index in [0.29, 0.717) is 16.8 Å². The van der Waals surface area contributed by atoms with Gasteiger partial charge in [0.2, 0.25) is 15.9 Å². The molecule has 0 spiro atoms. The van der Waals surface area contributed by atoms with E-state index in [1.54, 1.807) is 12.1 Å². The number of hydrogen-bond acceptors (Lipinski definition) is 6. The lowest BCUT2D eigenvalue weighted by molar-refractivity contribution is -0.122. The molecular formula is C20H22FN3O5S2. The molecule has 1 atom stereocenters. The van der Waals surface area contributed by atoms with E-state index in [4.69, 9.17) is 4.42 Å². The first-order valence-electron chi connectivity index (χ1n) is 9.34. The van der Waals surface area contributed by atoms with Gasteiger partial charge in [-0.15, -0.1) is 0 Å². The molecule has 0 unspecified atom stereocenters. The second-order valence-corrected chi connectivity index (χ2v) is 9.56. The number of carbonyl (C=O) groups is 1. The van der Waals surface area contributed by atoms with E-state index in [1.807, 2.05) is 6.26 Å². The third-order valence-electron chi connectivity index (χ3n) is 4.68. The van der Waals surface area contributed by atoms with Crippen molar-refractivity contribution in [3.63, 3.8) is 0 Å². The van der Waals surface area contributed by atoms with Crippen molar-refractivity contribution in [1.29, 1.82) is 0 Å². The number of nitrogens with one attached hydrogen (secondary N) is 2. The van der Waals surface area contributed by atoms with E-state index in [9.17, 15) is 22.4 Å². The molecule has 2 N–H and O–H groups in total. The third-order valence-corrected chi connectivity index (χ3v) is 6.79. The summed E-state index contributed by atoms with van der Waals surface area (Å²) in [5.74, 6) is -0.916. The lowest BCUT2D eigenvalue weighted by Crippen LogP contribution is -2.46. The highest BCUT2D eigenvalue weighted by Gasteiger charge is 2.26. The first kappa shape index (κ1) is 23.0. The van der Waals surface area contributed by atoms with E-state index in [0.717, 1.165) is 0 Å². The van der Waals surface area contributed by atoms with Crippen LogP contribution in [0.15, 0.2) is 56.6 Å². The summed E-state index contributed by atoms with van der Waals surface area (Å²) in [4.78, 5) is 24.2. The first-order chi connectivity index (χ1) is 14.7. The van der Waals surface area contributed by atoms with Crippen LogP contribution in [0, 0.1) is 5.82 Å². The molecule has 2 aromatic carbocycles. The lowest BCUT2D eigenvalue weighted by atomic mass is 10.2. The fourth-order valence-electron chi connectivity index (χ4n) is 2.93. The van der Waals surface area contributed by atoms with Crippen molar-refractivity contribution in [2.75, 3.05) is 12.0 Å². The number of halogens is 1. The number of hydrogen-bond donors (Lipinski definition) is 2. The first-order valence-corrected chi connectivity index (χ1v) is 12.2. The largest absolute Gasteiger partial charge is 0.419 e. The Kier molecular flexibility index (Phi) is 7.19. The number of oxazole rings is 1. The summed E-state index contributed by atoms with van der Waals surface area (Å²) < 4.78 is 47.6. The Morgan fingerprint density at radius 1 is 1.23 bits per heavy atom. The molecule has 31 heavy (non-hydrogen) atoms. The minimum Gasteiger partial charge on any atom is -0.408 e. The topological polar surface area (TPSA) is 110 Å². The maximum absolute atomic E-state index is 13.0. The van der Waals surface area contributed by atoms with Gasteiger partial charge in [-0.2, -0.15) is 16.5 Å². The number of thioether (sulfide) groups is 1. The van der Waals surface area contributed by atoms with Gasteiger partial charge in [0.25, 0.3) is 0 Å². The summed E-state index contributed by atoms with van der Waals surface area (Å²) in [6.07, 6.45) is 2.13. The number of nitrogens with zero attached hydrogens (tertiary/aromatic N) is 1. The monoisotopic (exact) mass is 467 g/mol. The second-order valence-electron chi connectivity index (χ2n) is 6.86. The summed E-state index contributed by atoms with van der Waals surface area (Å²) in [6.45, 7) is 0.137. The van der Waals surface area contributed by atoms with E-state index < -0.39 is 27.7 Å². The zero-order chi connectivity index (χ0) is 22.6. The molecule has 1 heterocycles. The van der Waals surface area contributed by atoms with Gasteiger partial charge in [0.05, 0.1) is 10.4 Å². The van der Waals surface area contributed by atoms with E-state index in [1.165, 1.54) is 53.7 Å². The van der Waals surface area contributed by atoms with Crippen LogP contribution in [0.2, 0.25) is 0 Å². The number of amides is 1. The Labute approximate surface area is 182 Å². The predicted octanol–water partition coefficient (Wildman–Crippen LogP) is 1.99. The van der Waals surface area contributed by atoms with Gasteiger partial charge >= 0.3 is 5.76 Å². The summed E-state index contributed by atoms with van der Waals surface area (Å²) >= 11 is 1.48. The molecule has 8 nitrogen and oxygen atoms in total. The highest BCUT2D eigenvalue weighted by Crippen LogP contribution is 2.18. The Bertz CT molecular complexity index is 1240. The van der Waals surface area contributed by atoms with Crippen molar-refractivity contribution < 1.29 is 22.0 Å². The van der Waals surface area contributed by atoms with Gasteiger partial charge in [0, 0.05) is 19.7 Å². The molecule has 0 aliphatic rings. The second kappa shape index (κ2) is 9.67. The van der Waals surface area contributed by atoms with Crippen LogP contribution in [0.1, 0.15) is 12.0 Å². The minimum atomic E-state index is -4.06. The Morgan fingerprint density at radius 2 is 1.94 bits per heavy atom. The van der Waals surface area contributed by atoms with Crippen molar-refractivity contribution in [2.24, 2.45) is 7.05 Å². The summed E-state index contributed by atoms with van der Waals surface area (Å²) in [5, 5.41) is 2.68. The van der Waals surface area contributed by atoms with Crippen LogP contribution in [0.25, 0.3) is 11.1 Å². The van der Waals surface area contributed by atoms with Gasteiger partial charge < -0.3 is 9.73 Å². The van der Waals surface area contributed by atoms with Crippen molar-refractivity contribution in [3.05, 3.63) is 64.4 Å². The molecule has 0 saturated carbocycles. The normalized spacial score (nSPS) is 12.7. The van der Waals surface area contributed by atoms with Gasteiger partial charge in [-0.1, -0.05) is 12.1 Å². The van der Waals surface area contributed by atoms with Gasteiger partial charge in [0.1, 0.15) is 11.9 Å². The van der Waals surface area contributed by atoms with Crippen molar-refractivity contribution >= 4 is 38.8 Å². The highest BCUT2D eigenvalue weighted by molar-refractivity contribution is 7.98.